The molecule has 1 unspecified atom stereocenters. The Balaban J connectivity index is 1.68. The number of methoxy groups -OCH3 is 1. The summed E-state index contributed by atoms with van der Waals surface area (Å²) in [5.41, 5.74) is 8.18. The largest absolute Gasteiger partial charge is 0.497 e. The van der Waals surface area contributed by atoms with Crippen LogP contribution in [0.2, 0.25) is 0 Å². The summed E-state index contributed by atoms with van der Waals surface area (Å²) in [6, 6.07) is 16.1. The van der Waals surface area contributed by atoms with Crippen LogP contribution < -0.4 is 21.1 Å². The zero-order chi connectivity index (χ0) is 20.8. The number of allylic oxidation sites excluding steroid dienone is 1. The Morgan fingerprint density at radius 3 is 2.48 bits per heavy atom. The maximum Gasteiger partial charge on any atom is 0.248 e. The molecule has 0 fully saturated rings. The standard InChI is InChI=1S/C21H22N4O3S/c1-13-18(20(22)27)19(14-6-4-3-5-7-14)25-21(23-13)29-12-17(26)24-15-8-10-16(28-2)11-9-15/h3-11,19H,12H2,1-2H3,(H2,22,27)(H,23,25)(H,24,26). The topological polar surface area (TPSA) is 106 Å². The molecule has 2 amide bonds. The molecular weight excluding hydrogens is 388 g/mol. The van der Waals surface area contributed by atoms with Crippen molar-refractivity contribution in [1.29, 1.82) is 0 Å². The van der Waals surface area contributed by atoms with E-state index in [1.54, 1.807) is 38.3 Å². The van der Waals surface area contributed by atoms with E-state index in [0.717, 1.165) is 11.3 Å². The van der Waals surface area contributed by atoms with Gasteiger partial charge in [-0.2, -0.15) is 0 Å². The van der Waals surface area contributed by atoms with Crippen LogP contribution in [0, 0.1) is 0 Å². The van der Waals surface area contributed by atoms with Gasteiger partial charge < -0.3 is 21.1 Å². The third-order valence-corrected chi connectivity index (χ3v) is 5.20. The average Bonchev–Trinajstić information content (AvgIpc) is 2.72. The number of amidine groups is 1. The van der Waals surface area contributed by atoms with Crippen molar-refractivity contribution in [3.63, 3.8) is 0 Å². The van der Waals surface area contributed by atoms with Crippen molar-refractivity contribution in [3.05, 3.63) is 71.4 Å². The number of nitrogens with one attached hydrogen (secondary N) is 2. The molecule has 0 saturated heterocycles. The van der Waals surface area contributed by atoms with E-state index in [1.165, 1.54) is 11.8 Å². The number of carbonyl (C=O) groups excluding carboxylic acids is 2. The number of hydrogen-bond donors (Lipinski definition) is 3. The molecule has 0 aromatic heterocycles. The fraction of sp³-hybridized carbons (Fsp3) is 0.190. The number of nitrogens with two attached hydrogens (primary N) is 1. The fourth-order valence-corrected chi connectivity index (χ4v) is 3.67. The summed E-state index contributed by atoms with van der Waals surface area (Å²) in [7, 11) is 1.59. The molecule has 0 spiro atoms. The Labute approximate surface area is 173 Å². The Bertz CT molecular complexity index is 956. The predicted octanol–water partition coefficient (Wildman–Crippen LogP) is 2.83. The minimum absolute atomic E-state index is 0.164. The van der Waals surface area contributed by atoms with Gasteiger partial charge in [-0.1, -0.05) is 42.1 Å². The zero-order valence-electron chi connectivity index (χ0n) is 16.1. The highest BCUT2D eigenvalue weighted by Crippen LogP contribution is 2.31. The number of carbonyl (C=O) groups is 2. The molecule has 0 aliphatic carbocycles. The van der Waals surface area contributed by atoms with Crippen molar-refractivity contribution >= 4 is 34.4 Å². The lowest BCUT2D eigenvalue weighted by Crippen LogP contribution is -2.33. The van der Waals surface area contributed by atoms with Gasteiger partial charge in [-0.3, -0.25) is 9.59 Å². The van der Waals surface area contributed by atoms with Crippen molar-refractivity contribution in [1.82, 2.24) is 5.32 Å². The smallest absolute Gasteiger partial charge is 0.248 e. The summed E-state index contributed by atoms with van der Waals surface area (Å²) < 4.78 is 5.10. The van der Waals surface area contributed by atoms with Gasteiger partial charge in [0.1, 0.15) is 11.8 Å². The minimum Gasteiger partial charge on any atom is -0.497 e. The van der Waals surface area contributed by atoms with Gasteiger partial charge in [-0.15, -0.1) is 0 Å². The van der Waals surface area contributed by atoms with E-state index in [4.69, 9.17) is 10.5 Å². The highest BCUT2D eigenvalue weighted by Gasteiger charge is 2.28. The fourth-order valence-electron chi connectivity index (χ4n) is 2.92. The number of anilines is 1. The van der Waals surface area contributed by atoms with Crippen molar-refractivity contribution in [3.8, 4) is 5.75 Å². The molecular formula is C21H22N4O3S. The SMILES string of the molecule is COc1ccc(NC(=O)CSC2=NC(c3ccccc3)C(C(N)=O)=C(C)N2)cc1. The van der Waals surface area contributed by atoms with Crippen LogP contribution in [-0.4, -0.2) is 29.8 Å². The molecule has 2 aromatic rings. The molecule has 8 heteroatoms. The summed E-state index contributed by atoms with van der Waals surface area (Å²) >= 11 is 1.26. The van der Waals surface area contributed by atoms with E-state index in [2.05, 4.69) is 15.6 Å². The quantitative estimate of drug-likeness (QED) is 0.679. The maximum absolute atomic E-state index is 12.3. The van der Waals surface area contributed by atoms with Crippen LogP contribution in [-0.2, 0) is 9.59 Å². The molecule has 1 atom stereocenters. The van der Waals surface area contributed by atoms with Crippen molar-refractivity contribution in [2.75, 3.05) is 18.2 Å². The molecule has 1 aliphatic heterocycles. The van der Waals surface area contributed by atoms with Gasteiger partial charge in [-0.25, -0.2) is 4.99 Å². The predicted molar refractivity (Wildman–Crippen MR) is 116 cm³/mol. The number of hydrogen-bond acceptors (Lipinski definition) is 6. The van der Waals surface area contributed by atoms with E-state index >= 15 is 0 Å². The summed E-state index contributed by atoms with van der Waals surface area (Å²) in [5, 5.41) is 6.47. The van der Waals surface area contributed by atoms with E-state index in [9.17, 15) is 9.59 Å². The van der Waals surface area contributed by atoms with Gasteiger partial charge in [0.25, 0.3) is 0 Å². The van der Waals surface area contributed by atoms with Crippen LogP contribution in [0.5, 0.6) is 5.75 Å². The first-order chi connectivity index (χ1) is 14.0. The lowest BCUT2D eigenvalue weighted by molar-refractivity contribution is -0.115. The van der Waals surface area contributed by atoms with Crippen LogP contribution in [0.1, 0.15) is 18.5 Å². The zero-order valence-corrected chi connectivity index (χ0v) is 17.0. The van der Waals surface area contributed by atoms with E-state index in [-0.39, 0.29) is 11.7 Å². The third kappa shape index (κ3) is 5.17. The second-order valence-electron chi connectivity index (χ2n) is 6.34. The third-order valence-electron chi connectivity index (χ3n) is 4.31. The molecule has 7 nitrogen and oxygen atoms in total. The summed E-state index contributed by atoms with van der Waals surface area (Å²) in [4.78, 5) is 28.8. The molecule has 1 heterocycles. The molecule has 0 radical (unpaired) electrons. The lowest BCUT2D eigenvalue weighted by Gasteiger charge is -2.25. The van der Waals surface area contributed by atoms with Gasteiger partial charge >= 0.3 is 0 Å². The van der Waals surface area contributed by atoms with Crippen LogP contribution in [0.4, 0.5) is 5.69 Å². The number of aliphatic imine (C=N–C) groups is 1. The van der Waals surface area contributed by atoms with Gasteiger partial charge in [0.2, 0.25) is 11.8 Å². The molecule has 2 aromatic carbocycles. The Hall–Kier alpha value is -3.26. The number of ether oxygens (including phenoxy) is 1. The number of benzene rings is 2. The molecule has 4 N–H and O–H groups in total. The first kappa shape index (κ1) is 20.5. The molecule has 1 aliphatic rings. The normalized spacial score (nSPS) is 15.9. The first-order valence-electron chi connectivity index (χ1n) is 8.95. The van der Waals surface area contributed by atoms with Crippen LogP contribution >= 0.6 is 11.8 Å². The highest BCUT2D eigenvalue weighted by atomic mass is 32.2. The van der Waals surface area contributed by atoms with Gasteiger partial charge in [0.05, 0.1) is 18.4 Å². The molecule has 0 saturated carbocycles. The van der Waals surface area contributed by atoms with E-state index in [1.807, 2.05) is 30.3 Å². The van der Waals surface area contributed by atoms with Crippen LogP contribution in [0.3, 0.4) is 0 Å². The van der Waals surface area contributed by atoms with Crippen molar-refractivity contribution in [2.24, 2.45) is 10.7 Å². The molecule has 150 valence electrons. The lowest BCUT2D eigenvalue weighted by atomic mass is 9.96. The van der Waals surface area contributed by atoms with E-state index < -0.39 is 11.9 Å². The number of thioether (sulfide) groups is 1. The molecule has 0 bridgehead atoms. The molecule has 29 heavy (non-hydrogen) atoms. The maximum atomic E-state index is 12.3. The Kier molecular flexibility index (Phi) is 6.56. The van der Waals surface area contributed by atoms with Crippen molar-refractivity contribution < 1.29 is 14.3 Å². The average molecular weight is 410 g/mol. The minimum atomic E-state index is -0.520. The second-order valence-corrected chi connectivity index (χ2v) is 7.30. The van der Waals surface area contributed by atoms with Gasteiger partial charge in [0.15, 0.2) is 5.17 Å². The van der Waals surface area contributed by atoms with Gasteiger partial charge in [-0.05, 0) is 36.8 Å². The first-order valence-corrected chi connectivity index (χ1v) is 9.93. The van der Waals surface area contributed by atoms with E-state index in [0.29, 0.717) is 22.1 Å². The number of rotatable bonds is 6. The summed E-state index contributed by atoms with van der Waals surface area (Å²) in [6.07, 6.45) is 0. The number of amides is 2. The Morgan fingerprint density at radius 2 is 1.86 bits per heavy atom. The van der Waals surface area contributed by atoms with Crippen molar-refractivity contribution in [2.45, 2.75) is 13.0 Å². The summed E-state index contributed by atoms with van der Waals surface area (Å²) in [6.45, 7) is 1.78. The van der Waals surface area contributed by atoms with Crippen LogP contribution in [0.15, 0.2) is 70.9 Å². The molecule has 3 rings (SSSR count). The Morgan fingerprint density at radius 1 is 1.17 bits per heavy atom. The summed E-state index contributed by atoms with van der Waals surface area (Å²) in [5.74, 6) is 0.202. The monoisotopic (exact) mass is 410 g/mol. The number of nitrogens with zero attached hydrogens (tertiary/aromatic N) is 1. The van der Waals surface area contributed by atoms with Gasteiger partial charge in [0, 0.05) is 11.4 Å². The van der Waals surface area contributed by atoms with Crippen LogP contribution in [0.25, 0.3) is 0 Å². The number of primary amides is 1. The second kappa shape index (κ2) is 9.29. The highest BCUT2D eigenvalue weighted by molar-refractivity contribution is 8.14.